The summed E-state index contributed by atoms with van der Waals surface area (Å²) in [5.74, 6) is -0.326. The van der Waals surface area contributed by atoms with Gasteiger partial charge in [0.15, 0.2) is 0 Å². The quantitative estimate of drug-likeness (QED) is 0.689. The Morgan fingerprint density at radius 3 is 2.35 bits per heavy atom. The summed E-state index contributed by atoms with van der Waals surface area (Å²) >= 11 is 0. The molecule has 3 atom stereocenters. The van der Waals surface area contributed by atoms with Gasteiger partial charge in [0.05, 0.1) is 18.6 Å². The molecule has 1 spiro atoms. The van der Waals surface area contributed by atoms with Crippen LogP contribution in [0.5, 0.6) is 0 Å². The van der Waals surface area contributed by atoms with Gasteiger partial charge in [-0.2, -0.15) is 0 Å². The molecule has 1 fully saturated rings. The molecule has 3 amide bonds. The maximum Gasteiger partial charge on any atom is 0.244 e. The van der Waals surface area contributed by atoms with Crippen LogP contribution in [0, 0.1) is 0 Å². The van der Waals surface area contributed by atoms with Gasteiger partial charge in [-0.1, -0.05) is 54.6 Å². The van der Waals surface area contributed by atoms with Crippen LogP contribution in [0.25, 0.3) is 0 Å². The van der Waals surface area contributed by atoms with E-state index in [0.29, 0.717) is 19.5 Å². The number of piperidine rings is 1. The summed E-state index contributed by atoms with van der Waals surface area (Å²) in [6.07, 6.45) is 1.54. The van der Waals surface area contributed by atoms with Crippen LogP contribution in [0.15, 0.2) is 54.6 Å². The molecule has 2 aliphatic rings. The van der Waals surface area contributed by atoms with Gasteiger partial charge in [-0.15, -0.1) is 0 Å². The van der Waals surface area contributed by atoms with Gasteiger partial charge in [0, 0.05) is 32.5 Å². The minimum absolute atomic E-state index is 0.0400. The number of rotatable bonds is 6. The Kier molecular flexibility index (Phi) is 7.03. The number of fused-ring (bicyclic) bond motifs is 2. The second-order valence-corrected chi connectivity index (χ2v) is 9.35. The Morgan fingerprint density at radius 1 is 1.06 bits per heavy atom. The Labute approximate surface area is 200 Å². The van der Waals surface area contributed by atoms with E-state index in [1.165, 1.54) is 12.5 Å². The highest BCUT2D eigenvalue weighted by molar-refractivity contribution is 5.86. The summed E-state index contributed by atoms with van der Waals surface area (Å²) in [6, 6.07) is 17.1. The van der Waals surface area contributed by atoms with Crippen LogP contribution in [0.1, 0.15) is 49.4 Å². The number of hydrogen-bond donors (Lipinski definition) is 2. The number of benzene rings is 2. The third-order valence-electron chi connectivity index (χ3n) is 7.22. The van der Waals surface area contributed by atoms with Crippen molar-refractivity contribution in [3.8, 4) is 0 Å². The Hall–Kier alpha value is -3.19. The number of methoxy groups -OCH3 is 1. The molecule has 7 heteroatoms. The average Bonchev–Trinajstić information content (AvgIpc) is 3.07. The van der Waals surface area contributed by atoms with E-state index in [4.69, 9.17) is 4.74 Å². The van der Waals surface area contributed by atoms with Gasteiger partial charge in [0.25, 0.3) is 0 Å². The highest BCUT2D eigenvalue weighted by Crippen LogP contribution is 2.52. The molecule has 2 N–H and O–H groups in total. The first-order chi connectivity index (χ1) is 16.4. The fourth-order valence-corrected chi connectivity index (χ4v) is 5.70. The molecule has 2 aromatic rings. The number of likely N-dealkylation sites (tertiary alicyclic amines) is 1. The summed E-state index contributed by atoms with van der Waals surface area (Å²) < 4.78 is 6.07. The normalized spacial score (nSPS) is 21.6. The number of nitrogens with zero attached hydrogens (tertiary/aromatic N) is 1. The molecule has 1 saturated heterocycles. The van der Waals surface area contributed by atoms with Gasteiger partial charge in [0.1, 0.15) is 6.04 Å². The predicted molar refractivity (Wildman–Crippen MR) is 129 cm³/mol. The maximum atomic E-state index is 13.0. The summed E-state index contributed by atoms with van der Waals surface area (Å²) in [7, 11) is 1.70. The number of ether oxygens (including phenoxy) is 1. The second-order valence-electron chi connectivity index (χ2n) is 9.35. The highest BCUT2D eigenvalue weighted by Gasteiger charge is 2.54. The van der Waals surface area contributed by atoms with E-state index >= 15 is 0 Å². The van der Waals surface area contributed by atoms with E-state index in [9.17, 15) is 14.4 Å². The van der Waals surface area contributed by atoms with Crippen molar-refractivity contribution >= 4 is 17.7 Å². The number of nitrogens with one attached hydrogen (secondary N) is 2. The summed E-state index contributed by atoms with van der Waals surface area (Å²) in [5, 5.41) is 5.92. The van der Waals surface area contributed by atoms with E-state index in [2.05, 4.69) is 22.8 Å². The van der Waals surface area contributed by atoms with Crippen LogP contribution in [-0.2, 0) is 31.0 Å². The molecule has 0 saturated carbocycles. The van der Waals surface area contributed by atoms with Crippen molar-refractivity contribution in [2.24, 2.45) is 0 Å². The smallest absolute Gasteiger partial charge is 0.244 e. The molecule has 1 aliphatic carbocycles. The lowest BCUT2D eigenvalue weighted by Gasteiger charge is -2.44. The van der Waals surface area contributed by atoms with Gasteiger partial charge >= 0.3 is 0 Å². The number of carbonyl (C=O) groups is 3. The molecular weight excluding hydrogens is 430 g/mol. The minimum Gasteiger partial charge on any atom is -0.378 e. The summed E-state index contributed by atoms with van der Waals surface area (Å²) in [5.41, 5.74) is 2.95. The molecular formula is C27H33N3O4. The molecule has 180 valence electrons. The Balaban J connectivity index is 1.53. The molecule has 7 nitrogen and oxygen atoms in total. The minimum atomic E-state index is -0.550. The number of hydrogen-bond acceptors (Lipinski definition) is 4. The molecule has 4 rings (SSSR count). The molecule has 1 heterocycles. The van der Waals surface area contributed by atoms with Crippen molar-refractivity contribution in [3.63, 3.8) is 0 Å². The molecule has 0 aromatic heterocycles. The predicted octanol–water partition coefficient (Wildman–Crippen LogP) is 2.50. The van der Waals surface area contributed by atoms with Gasteiger partial charge in [-0.25, -0.2) is 0 Å². The van der Waals surface area contributed by atoms with Crippen molar-refractivity contribution in [1.29, 1.82) is 0 Å². The zero-order valence-corrected chi connectivity index (χ0v) is 20.0. The van der Waals surface area contributed by atoms with Crippen LogP contribution >= 0.6 is 0 Å². The fraction of sp³-hybridized carbons (Fsp3) is 0.444. The van der Waals surface area contributed by atoms with Crippen LogP contribution in [0.3, 0.4) is 0 Å². The largest absolute Gasteiger partial charge is 0.378 e. The van der Waals surface area contributed by atoms with E-state index in [1.54, 1.807) is 14.0 Å². The topological polar surface area (TPSA) is 87.7 Å². The van der Waals surface area contributed by atoms with Gasteiger partial charge < -0.3 is 20.3 Å². The maximum absolute atomic E-state index is 13.0. The Bertz CT molecular complexity index is 1050. The fourth-order valence-electron chi connectivity index (χ4n) is 5.70. The van der Waals surface area contributed by atoms with Crippen LogP contribution in [0.2, 0.25) is 0 Å². The van der Waals surface area contributed by atoms with Crippen molar-refractivity contribution in [2.75, 3.05) is 20.2 Å². The molecule has 0 bridgehead atoms. The third kappa shape index (κ3) is 4.57. The van der Waals surface area contributed by atoms with Crippen LogP contribution in [-0.4, -0.2) is 55.0 Å². The lowest BCUT2D eigenvalue weighted by atomic mass is 9.71. The van der Waals surface area contributed by atoms with Gasteiger partial charge in [0.2, 0.25) is 17.7 Å². The zero-order chi connectivity index (χ0) is 24.3. The van der Waals surface area contributed by atoms with E-state index < -0.39 is 6.04 Å². The molecule has 0 unspecified atom stereocenters. The van der Waals surface area contributed by atoms with Gasteiger partial charge in [-0.05, 0) is 36.5 Å². The summed E-state index contributed by atoms with van der Waals surface area (Å²) in [4.78, 5) is 39.0. The van der Waals surface area contributed by atoms with Crippen LogP contribution < -0.4 is 10.6 Å². The van der Waals surface area contributed by atoms with Crippen molar-refractivity contribution in [2.45, 2.75) is 56.7 Å². The summed E-state index contributed by atoms with van der Waals surface area (Å²) in [6.45, 7) is 4.28. The monoisotopic (exact) mass is 463 g/mol. The molecule has 34 heavy (non-hydrogen) atoms. The number of amides is 3. The van der Waals surface area contributed by atoms with Crippen LogP contribution in [0.4, 0.5) is 0 Å². The molecule has 0 radical (unpaired) electrons. The highest BCUT2D eigenvalue weighted by atomic mass is 16.5. The molecule has 1 aliphatic heterocycles. The third-order valence-corrected chi connectivity index (χ3v) is 7.22. The lowest BCUT2D eigenvalue weighted by Crippen LogP contribution is -2.54. The lowest BCUT2D eigenvalue weighted by molar-refractivity contribution is -0.138. The van der Waals surface area contributed by atoms with Crippen molar-refractivity contribution < 1.29 is 19.1 Å². The second kappa shape index (κ2) is 9.97. The Morgan fingerprint density at radius 2 is 1.71 bits per heavy atom. The standard InChI is InChI=1S/C27H33N3O4/c1-18(28-19(2)31)26(33)30-15-13-27(14-16-30)22-12-8-7-11-21(22)24(25(27)34-3)29-23(32)17-20-9-5-4-6-10-20/h4-12,18,24-25H,13-17H2,1-3H3,(H,28,31)(H,29,32)/t18-,24+,25-/m0/s1. The first kappa shape index (κ1) is 24.0. The zero-order valence-electron chi connectivity index (χ0n) is 20.0. The molecule has 2 aromatic carbocycles. The van der Waals surface area contributed by atoms with E-state index in [-0.39, 0.29) is 35.3 Å². The van der Waals surface area contributed by atoms with Crippen molar-refractivity contribution in [3.05, 3.63) is 71.3 Å². The van der Waals surface area contributed by atoms with Crippen molar-refractivity contribution in [1.82, 2.24) is 15.5 Å². The SMILES string of the molecule is CO[C@H]1[C@H](NC(=O)Cc2ccccc2)c2ccccc2C12CCN(C(=O)[C@H](C)NC(C)=O)CC2. The average molecular weight is 464 g/mol. The van der Waals surface area contributed by atoms with E-state index in [0.717, 1.165) is 24.0 Å². The number of carbonyl (C=O) groups excluding carboxylic acids is 3. The first-order valence-corrected chi connectivity index (χ1v) is 11.9. The first-order valence-electron chi connectivity index (χ1n) is 11.9. The van der Waals surface area contributed by atoms with E-state index in [1.807, 2.05) is 47.4 Å². The van der Waals surface area contributed by atoms with Gasteiger partial charge in [-0.3, -0.25) is 14.4 Å².